The molecule has 1 fully saturated rings. The highest BCUT2D eigenvalue weighted by atomic mass is 32.2. The Morgan fingerprint density at radius 3 is 2.11 bits per heavy atom. The van der Waals surface area contributed by atoms with E-state index < -0.39 is 32.2 Å². The maximum absolute atomic E-state index is 13.0. The van der Waals surface area contributed by atoms with Gasteiger partial charge >= 0.3 is 6.18 Å². The topological polar surface area (TPSA) is 63.2 Å². The number of hydrogen-bond acceptors (Lipinski definition) is 4. The van der Waals surface area contributed by atoms with Gasteiger partial charge in [-0.15, -0.1) is 0 Å². The van der Waals surface area contributed by atoms with Crippen LogP contribution >= 0.6 is 11.8 Å². The number of sulfone groups is 1. The lowest BCUT2D eigenvalue weighted by Gasteiger charge is -2.39. The van der Waals surface area contributed by atoms with Crippen molar-refractivity contribution in [2.24, 2.45) is 0 Å². The van der Waals surface area contributed by atoms with Crippen LogP contribution in [0.25, 0.3) is 0 Å². The van der Waals surface area contributed by atoms with E-state index in [1.165, 1.54) is 0 Å². The van der Waals surface area contributed by atoms with Gasteiger partial charge < -0.3 is 5.32 Å². The molecule has 1 aromatic rings. The van der Waals surface area contributed by atoms with Crippen LogP contribution in [-0.2, 0) is 20.8 Å². The molecule has 1 aromatic carbocycles. The van der Waals surface area contributed by atoms with Crippen molar-refractivity contribution < 1.29 is 26.4 Å². The van der Waals surface area contributed by atoms with E-state index in [9.17, 15) is 26.4 Å². The highest BCUT2D eigenvalue weighted by Crippen LogP contribution is 2.43. The molecule has 4 nitrogen and oxygen atoms in total. The lowest BCUT2D eigenvalue weighted by atomic mass is 9.83. The van der Waals surface area contributed by atoms with Crippen molar-refractivity contribution in [2.45, 2.75) is 60.6 Å². The SMILES string of the molecule is CC(C)(C)SCCNC(=O)C1(S(=O)(=O)c2ccc(C(F)(F)F)cc2)CCC1. The highest BCUT2D eigenvalue weighted by molar-refractivity contribution is 8.00. The van der Waals surface area contributed by atoms with Crippen LogP contribution < -0.4 is 5.32 Å². The monoisotopic (exact) mass is 423 g/mol. The molecule has 1 aliphatic carbocycles. The maximum atomic E-state index is 13.0. The number of benzene rings is 1. The minimum absolute atomic E-state index is 0.0329. The number of hydrogen-bond donors (Lipinski definition) is 1. The molecule has 1 saturated carbocycles. The molecule has 0 unspecified atom stereocenters. The summed E-state index contributed by atoms with van der Waals surface area (Å²) in [5.41, 5.74) is -0.923. The van der Waals surface area contributed by atoms with Gasteiger partial charge in [0.2, 0.25) is 5.91 Å². The zero-order valence-electron chi connectivity index (χ0n) is 15.5. The van der Waals surface area contributed by atoms with Gasteiger partial charge in [-0.05, 0) is 43.5 Å². The molecule has 0 aromatic heterocycles. The first kappa shape index (κ1) is 22.1. The Morgan fingerprint density at radius 2 is 1.70 bits per heavy atom. The molecule has 0 aliphatic heterocycles. The summed E-state index contributed by atoms with van der Waals surface area (Å²) >= 11 is 1.65. The maximum Gasteiger partial charge on any atom is 0.416 e. The molecule has 152 valence electrons. The van der Waals surface area contributed by atoms with Gasteiger partial charge in [0.15, 0.2) is 14.6 Å². The zero-order chi connectivity index (χ0) is 20.5. The number of rotatable bonds is 6. The molecule has 0 heterocycles. The number of amides is 1. The molecular weight excluding hydrogens is 399 g/mol. The van der Waals surface area contributed by atoms with E-state index in [4.69, 9.17) is 0 Å². The number of nitrogens with one attached hydrogen (secondary N) is 1. The van der Waals surface area contributed by atoms with E-state index in [0.29, 0.717) is 18.7 Å². The molecule has 1 amide bonds. The van der Waals surface area contributed by atoms with Crippen molar-refractivity contribution in [1.29, 1.82) is 0 Å². The summed E-state index contributed by atoms with van der Waals surface area (Å²) in [6, 6.07) is 3.33. The standard InChI is InChI=1S/C18H24F3NO3S2/c1-16(2,3)26-12-11-22-15(23)17(9-4-10-17)27(24,25)14-7-5-13(6-8-14)18(19,20)21/h5-8H,4,9-12H2,1-3H3,(H,22,23). The van der Waals surface area contributed by atoms with E-state index in [-0.39, 0.29) is 22.5 Å². The van der Waals surface area contributed by atoms with E-state index in [2.05, 4.69) is 5.32 Å². The first-order valence-corrected chi connectivity index (χ1v) is 11.1. The fourth-order valence-electron chi connectivity index (χ4n) is 2.85. The van der Waals surface area contributed by atoms with Gasteiger partial charge in [0.25, 0.3) is 0 Å². The fraction of sp³-hybridized carbons (Fsp3) is 0.611. The van der Waals surface area contributed by atoms with Crippen LogP contribution in [0.4, 0.5) is 13.2 Å². The predicted molar refractivity (Wildman–Crippen MR) is 100 cm³/mol. The first-order chi connectivity index (χ1) is 12.3. The average Bonchev–Trinajstić information content (AvgIpc) is 2.48. The van der Waals surface area contributed by atoms with Crippen LogP contribution in [-0.4, -0.2) is 36.1 Å². The van der Waals surface area contributed by atoms with Crippen molar-refractivity contribution in [3.05, 3.63) is 29.8 Å². The molecule has 2 rings (SSSR count). The van der Waals surface area contributed by atoms with Crippen LogP contribution in [0, 0.1) is 0 Å². The van der Waals surface area contributed by atoms with Crippen molar-refractivity contribution in [1.82, 2.24) is 5.32 Å². The van der Waals surface area contributed by atoms with E-state index in [0.717, 1.165) is 24.3 Å². The summed E-state index contributed by atoms with van der Waals surface area (Å²) in [6.45, 7) is 6.47. The van der Waals surface area contributed by atoms with Gasteiger partial charge in [-0.25, -0.2) is 8.42 Å². The molecule has 0 radical (unpaired) electrons. The average molecular weight is 424 g/mol. The first-order valence-electron chi connectivity index (χ1n) is 8.64. The van der Waals surface area contributed by atoms with Gasteiger partial charge in [0.05, 0.1) is 10.5 Å². The van der Waals surface area contributed by atoms with Crippen LogP contribution in [0.1, 0.15) is 45.6 Å². The molecular formula is C18H24F3NO3S2. The summed E-state index contributed by atoms with van der Waals surface area (Å²) < 4.78 is 62.5. The predicted octanol–water partition coefficient (Wildman–Crippen LogP) is 4.05. The molecule has 0 saturated heterocycles. The molecule has 1 aliphatic rings. The third-order valence-corrected chi connectivity index (χ3v) is 8.29. The number of thioether (sulfide) groups is 1. The second kappa shape index (κ2) is 7.66. The minimum atomic E-state index is -4.54. The Kier molecular flexibility index (Phi) is 6.26. The molecule has 0 spiro atoms. The zero-order valence-corrected chi connectivity index (χ0v) is 17.2. The second-order valence-corrected chi connectivity index (χ2v) is 11.8. The summed E-state index contributed by atoms with van der Waals surface area (Å²) in [5, 5.41) is 2.69. The number of carbonyl (C=O) groups excluding carboxylic acids is 1. The molecule has 0 atom stereocenters. The Hall–Kier alpha value is -1.22. The fourth-order valence-corrected chi connectivity index (χ4v) is 5.75. The van der Waals surface area contributed by atoms with Crippen LogP contribution in [0.2, 0.25) is 0 Å². The third kappa shape index (κ3) is 4.80. The van der Waals surface area contributed by atoms with Crippen molar-refractivity contribution in [3.63, 3.8) is 0 Å². The Balaban J connectivity index is 2.15. The molecule has 1 N–H and O–H groups in total. The Bertz CT molecular complexity index is 778. The normalized spacial score (nSPS) is 17.3. The largest absolute Gasteiger partial charge is 0.416 e. The molecule has 9 heteroatoms. The van der Waals surface area contributed by atoms with Crippen molar-refractivity contribution in [2.75, 3.05) is 12.3 Å². The van der Waals surface area contributed by atoms with Gasteiger partial charge in [-0.2, -0.15) is 24.9 Å². The third-order valence-electron chi connectivity index (χ3n) is 4.50. The number of carbonyl (C=O) groups is 1. The number of halogens is 3. The molecule has 0 bridgehead atoms. The van der Waals surface area contributed by atoms with Gasteiger partial charge in [0, 0.05) is 17.0 Å². The van der Waals surface area contributed by atoms with Crippen molar-refractivity contribution >= 4 is 27.5 Å². The highest BCUT2D eigenvalue weighted by Gasteiger charge is 2.55. The summed E-state index contributed by atoms with van der Waals surface area (Å²) in [5.74, 6) is 0.0780. The lowest BCUT2D eigenvalue weighted by molar-refractivity contribution is -0.137. The van der Waals surface area contributed by atoms with Crippen LogP contribution in [0.5, 0.6) is 0 Å². The minimum Gasteiger partial charge on any atom is -0.354 e. The van der Waals surface area contributed by atoms with E-state index in [1.54, 1.807) is 11.8 Å². The summed E-state index contributed by atoms with van der Waals surface area (Å²) in [6.07, 6.45) is -3.61. The number of alkyl halides is 3. The van der Waals surface area contributed by atoms with Gasteiger partial charge in [0.1, 0.15) is 0 Å². The lowest BCUT2D eigenvalue weighted by Crippen LogP contribution is -2.57. The van der Waals surface area contributed by atoms with Gasteiger partial charge in [-0.3, -0.25) is 4.79 Å². The van der Waals surface area contributed by atoms with Crippen LogP contribution in [0.3, 0.4) is 0 Å². The Labute approximate surface area is 162 Å². The van der Waals surface area contributed by atoms with Gasteiger partial charge in [-0.1, -0.05) is 20.8 Å². The summed E-state index contributed by atoms with van der Waals surface area (Å²) in [7, 11) is -4.08. The Morgan fingerprint density at radius 1 is 1.15 bits per heavy atom. The van der Waals surface area contributed by atoms with E-state index in [1.807, 2.05) is 20.8 Å². The smallest absolute Gasteiger partial charge is 0.354 e. The van der Waals surface area contributed by atoms with Crippen LogP contribution in [0.15, 0.2) is 29.2 Å². The van der Waals surface area contributed by atoms with Crippen molar-refractivity contribution in [3.8, 4) is 0 Å². The quantitative estimate of drug-likeness (QED) is 0.701. The van der Waals surface area contributed by atoms with E-state index >= 15 is 0 Å². The summed E-state index contributed by atoms with van der Waals surface area (Å²) in [4.78, 5) is 12.4. The second-order valence-electron chi connectivity index (χ2n) is 7.59. The molecule has 27 heavy (non-hydrogen) atoms.